The molecule has 0 spiro atoms. The minimum Gasteiger partial charge on any atom is -0.370 e. The summed E-state index contributed by atoms with van der Waals surface area (Å²) >= 11 is 0. The van der Waals surface area contributed by atoms with Crippen molar-refractivity contribution in [3.8, 4) is 0 Å². The van der Waals surface area contributed by atoms with E-state index in [-0.39, 0.29) is 0 Å². The zero-order valence-electron chi connectivity index (χ0n) is 25.7. The fourth-order valence-corrected chi connectivity index (χ4v) is 5.00. The molecule has 212 valence electrons. The van der Waals surface area contributed by atoms with Crippen LogP contribution in [0, 0.1) is 0 Å². The maximum absolute atomic E-state index is 6.07. The Morgan fingerprint density at radius 1 is 0.343 bits per heavy atom. The van der Waals surface area contributed by atoms with Crippen LogP contribution < -0.4 is 0 Å². The van der Waals surface area contributed by atoms with Gasteiger partial charge in [-0.1, -0.05) is 117 Å². The van der Waals surface area contributed by atoms with E-state index in [0.717, 1.165) is 35.3 Å². The lowest BCUT2D eigenvalue weighted by Gasteiger charge is -2.31. The third-order valence-electron chi connectivity index (χ3n) is 7.92. The van der Waals surface area contributed by atoms with Gasteiger partial charge in [-0.3, -0.25) is 0 Å². The molecular formula is C32H70N2O+2. The second kappa shape index (κ2) is 24.2. The highest BCUT2D eigenvalue weighted by atomic mass is 16.5. The van der Waals surface area contributed by atoms with E-state index in [1.54, 1.807) is 0 Å². The van der Waals surface area contributed by atoms with E-state index in [9.17, 15) is 0 Å². The van der Waals surface area contributed by atoms with Crippen molar-refractivity contribution in [2.45, 2.75) is 142 Å². The van der Waals surface area contributed by atoms with E-state index in [1.165, 1.54) is 142 Å². The van der Waals surface area contributed by atoms with Crippen molar-refractivity contribution in [3.63, 3.8) is 0 Å². The van der Waals surface area contributed by atoms with E-state index in [0.29, 0.717) is 0 Å². The van der Waals surface area contributed by atoms with Crippen LogP contribution in [0.5, 0.6) is 0 Å². The molecule has 35 heavy (non-hydrogen) atoms. The molecule has 0 aromatic heterocycles. The third kappa shape index (κ3) is 26.7. The lowest BCUT2D eigenvalue weighted by atomic mass is 10.1. The predicted molar refractivity (Wildman–Crippen MR) is 158 cm³/mol. The first-order valence-electron chi connectivity index (χ1n) is 16.0. The molecule has 0 amide bonds. The Morgan fingerprint density at radius 2 is 0.600 bits per heavy atom. The van der Waals surface area contributed by atoms with E-state index in [4.69, 9.17) is 4.74 Å². The summed E-state index contributed by atoms with van der Waals surface area (Å²) < 4.78 is 8.28. The molecule has 0 atom stereocenters. The molecule has 0 aliphatic heterocycles. The maximum Gasteiger partial charge on any atom is 0.102 e. The molecule has 0 heterocycles. The van der Waals surface area contributed by atoms with E-state index >= 15 is 0 Å². The van der Waals surface area contributed by atoms with Crippen LogP contribution in [0.1, 0.15) is 142 Å². The lowest BCUT2D eigenvalue weighted by Crippen LogP contribution is -2.45. The first kappa shape index (κ1) is 34.9. The third-order valence-corrected chi connectivity index (χ3v) is 7.92. The molecule has 0 aliphatic carbocycles. The second-order valence-electron chi connectivity index (χ2n) is 12.7. The zero-order valence-corrected chi connectivity index (χ0v) is 25.7. The minimum absolute atomic E-state index is 0.906. The fraction of sp³-hybridized carbons (Fsp3) is 1.00. The van der Waals surface area contributed by atoms with Crippen molar-refractivity contribution >= 4 is 0 Å². The van der Waals surface area contributed by atoms with Crippen molar-refractivity contribution in [3.05, 3.63) is 0 Å². The molecule has 3 heteroatoms. The quantitative estimate of drug-likeness (QED) is 0.0772. The zero-order chi connectivity index (χ0) is 26.1. The van der Waals surface area contributed by atoms with E-state index in [1.807, 2.05) is 0 Å². The van der Waals surface area contributed by atoms with Crippen molar-refractivity contribution in [1.29, 1.82) is 0 Å². The van der Waals surface area contributed by atoms with Gasteiger partial charge in [-0.2, -0.15) is 0 Å². The Bertz CT molecular complexity index is 384. The Balaban J connectivity index is 3.55. The van der Waals surface area contributed by atoms with Gasteiger partial charge >= 0.3 is 0 Å². The average molecular weight is 499 g/mol. The van der Waals surface area contributed by atoms with Crippen LogP contribution in [-0.4, -0.2) is 76.5 Å². The topological polar surface area (TPSA) is 9.23 Å². The molecule has 0 aliphatic rings. The van der Waals surface area contributed by atoms with Gasteiger partial charge < -0.3 is 13.7 Å². The SMILES string of the molecule is CCCCCCCCCCCC[N+](C)(C)CCOCC[N+](C)(C)CCCCCCCCCCCC. The minimum atomic E-state index is 0.906. The molecule has 0 fully saturated rings. The van der Waals surface area contributed by atoms with Crippen molar-refractivity contribution in [2.24, 2.45) is 0 Å². The Kier molecular flexibility index (Phi) is 24.1. The fourth-order valence-electron chi connectivity index (χ4n) is 5.00. The summed E-state index contributed by atoms with van der Waals surface area (Å²) in [5, 5.41) is 0. The highest BCUT2D eigenvalue weighted by Crippen LogP contribution is 2.13. The number of hydrogen-bond acceptors (Lipinski definition) is 1. The monoisotopic (exact) mass is 499 g/mol. The Labute approximate surface area is 223 Å². The van der Waals surface area contributed by atoms with Gasteiger partial charge in [0.2, 0.25) is 0 Å². The normalized spacial score (nSPS) is 12.5. The molecule has 0 radical (unpaired) electrons. The van der Waals surface area contributed by atoms with E-state index < -0.39 is 0 Å². The molecule has 0 saturated heterocycles. The van der Waals surface area contributed by atoms with Crippen molar-refractivity contribution in [2.75, 3.05) is 67.6 Å². The highest BCUT2D eigenvalue weighted by Gasteiger charge is 2.16. The number of likely N-dealkylation sites (N-methyl/N-ethyl adjacent to an activating group) is 2. The predicted octanol–water partition coefficient (Wildman–Crippen LogP) is 9.00. The maximum atomic E-state index is 6.07. The number of unbranched alkanes of at least 4 members (excludes halogenated alkanes) is 18. The summed E-state index contributed by atoms with van der Waals surface area (Å²) in [5.41, 5.74) is 0. The first-order valence-corrected chi connectivity index (χ1v) is 16.0. The highest BCUT2D eigenvalue weighted by molar-refractivity contribution is 4.49. The van der Waals surface area contributed by atoms with Gasteiger partial charge in [0.25, 0.3) is 0 Å². The molecular weight excluding hydrogens is 428 g/mol. The molecule has 0 aromatic rings. The van der Waals surface area contributed by atoms with Crippen molar-refractivity contribution < 1.29 is 13.7 Å². The van der Waals surface area contributed by atoms with Gasteiger partial charge in [0.1, 0.15) is 13.1 Å². The largest absolute Gasteiger partial charge is 0.370 e. The lowest BCUT2D eigenvalue weighted by molar-refractivity contribution is -0.894. The smallest absolute Gasteiger partial charge is 0.102 e. The van der Waals surface area contributed by atoms with Crippen LogP contribution >= 0.6 is 0 Å². The Hall–Kier alpha value is -0.120. The molecule has 0 rings (SSSR count). The number of ether oxygens (including phenoxy) is 1. The summed E-state index contributed by atoms with van der Waals surface area (Å²) in [6, 6.07) is 0. The summed E-state index contributed by atoms with van der Waals surface area (Å²) in [7, 11) is 9.51. The standard InChI is InChI=1S/C32H70N2O/c1-7-9-11-13-15-17-19-21-23-25-27-33(3,4)29-31-35-32-30-34(5,6)28-26-24-22-20-18-16-14-12-10-8-2/h7-32H2,1-6H3/q+2. The first-order chi connectivity index (χ1) is 16.8. The van der Waals surface area contributed by atoms with E-state index in [2.05, 4.69) is 42.0 Å². The number of quaternary nitrogens is 2. The second-order valence-corrected chi connectivity index (χ2v) is 12.7. The molecule has 0 N–H and O–H groups in total. The summed E-state index contributed by atoms with van der Waals surface area (Å²) in [5.74, 6) is 0. The summed E-state index contributed by atoms with van der Waals surface area (Å²) in [6.45, 7) is 11.3. The average Bonchev–Trinajstić information content (AvgIpc) is 2.81. The Morgan fingerprint density at radius 3 is 0.886 bits per heavy atom. The van der Waals surface area contributed by atoms with Crippen LogP contribution in [0.3, 0.4) is 0 Å². The molecule has 3 nitrogen and oxygen atoms in total. The number of hydrogen-bond donors (Lipinski definition) is 0. The van der Waals surface area contributed by atoms with Crippen LogP contribution in [-0.2, 0) is 4.74 Å². The van der Waals surface area contributed by atoms with Gasteiger partial charge in [-0.05, 0) is 25.7 Å². The molecule has 0 aromatic carbocycles. The van der Waals surface area contributed by atoms with Crippen molar-refractivity contribution in [1.82, 2.24) is 0 Å². The number of rotatable bonds is 28. The number of nitrogens with zero attached hydrogens (tertiary/aromatic N) is 2. The van der Waals surface area contributed by atoms with Gasteiger partial charge in [0, 0.05) is 0 Å². The van der Waals surface area contributed by atoms with Gasteiger partial charge in [0.05, 0.1) is 54.5 Å². The van der Waals surface area contributed by atoms with Crippen LogP contribution in [0.15, 0.2) is 0 Å². The summed E-state index contributed by atoms with van der Waals surface area (Å²) in [4.78, 5) is 0. The summed E-state index contributed by atoms with van der Waals surface area (Å²) in [6.07, 6.45) is 28.4. The van der Waals surface area contributed by atoms with Gasteiger partial charge in [-0.25, -0.2) is 0 Å². The molecule has 0 bridgehead atoms. The molecule has 0 saturated carbocycles. The molecule has 0 unspecified atom stereocenters. The van der Waals surface area contributed by atoms with Crippen LogP contribution in [0.4, 0.5) is 0 Å². The van der Waals surface area contributed by atoms with Crippen LogP contribution in [0.2, 0.25) is 0 Å². The van der Waals surface area contributed by atoms with Gasteiger partial charge in [-0.15, -0.1) is 0 Å². The van der Waals surface area contributed by atoms with Gasteiger partial charge in [0.15, 0.2) is 0 Å². The van der Waals surface area contributed by atoms with Crippen LogP contribution in [0.25, 0.3) is 0 Å².